The lowest BCUT2D eigenvalue weighted by Crippen LogP contribution is -2.37. The lowest BCUT2D eigenvalue weighted by molar-refractivity contribution is -0.122. The van der Waals surface area contributed by atoms with Crippen molar-refractivity contribution >= 4 is 24.2 Å². The van der Waals surface area contributed by atoms with Crippen molar-refractivity contribution in [1.82, 2.24) is 10.6 Å². The van der Waals surface area contributed by atoms with Gasteiger partial charge < -0.3 is 16.4 Å². The van der Waals surface area contributed by atoms with Crippen molar-refractivity contribution < 1.29 is 9.59 Å². The number of halogens is 1. The highest BCUT2D eigenvalue weighted by Crippen LogP contribution is 1.96. The summed E-state index contributed by atoms with van der Waals surface area (Å²) in [5, 5.41) is 5.53. The van der Waals surface area contributed by atoms with Crippen molar-refractivity contribution in [2.75, 3.05) is 6.54 Å². The fourth-order valence-corrected chi connectivity index (χ4v) is 1.21. The van der Waals surface area contributed by atoms with Crippen molar-refractivity contribution in [2.45, 2.75) is 52.1 Å². The molecule has 0 aromatic heterocycles. The number of nitrogens with one attached hydrogen (secondary N) is 2. The summed E-state index contributed by atoms with van der Waals surface area (Å²) in [5.41, 5.74) is 5.37. The molecule has 0 unspecified atom stereocenters. The van der Waals surface area contributed by atoms with Gasteiger partial charge in [-0.2, -0.15) is 0 Å². The zero-order chi connectivity index (χ0) is 12.6. The molecule has 0 saturated heterocycles. The SMILES string of the molecule is CC(C)NC(=O)CCCC(=O)N[C@@H](C)CN.Cl. The summed E-state index contributed by atoms with van der Waals surface area (Å²) in [6.45, 7) is 6.10. The van der Waals surface area contributed by atoms with Crippen molar-refractivity contribution in [2.24, 2.45) is 5.73 Å². The van der Waals surface area contributed by atoms with Crippen LogP contribution in [-0.4, -0.2) is 30.4 Å². The summed E-state index contributed by atoms with van der Waals surface area (Å²) in [5.74, 6) is -0.0510. The normalized spacial score (nSPS) is 11.6. The maximum absolute atomic E-state index is 11.3. The molecule has 5 nitrogen and oxygen atoms in total. The summed E-state index contributed by atoms with van der Waals surface area (Å²) in [6, 6.07) is 0.149. The Hall–Kier alpha value is -0.810. The average molecular weight is 266 g/mol. The molecule has 0 saturated carbocycles. The maximum Gasteiger partial charge on any atom is 0.220 e. The van der Waals surface area contributed by atoms with Gasteiger partial charge in [0.2, 0.25) is 11.8 Å². The zero-order valence-corrected chi connectivity index (χ0v) is 11.6. The highest BCUT2D eigenvalue weighted by Gasteiger charge is 2.07. The van der Waals surface area contributed by atoms with Crippen molar-refractivity contribution in [1.29, 1.82) is 0 Å². The molecule has 6 heteroatoms. The van der Waals surface area contributed by atoms with Crippen molar-refractivity contribution in [3.8, 4) is 0 Å². The second-order valence-electron chi connectivity index (χ2n) is 4.28. The molecule has 0 aromatic carbocycles. The minimum atomic E-state index is -0.0460. The second-order valence-corrected chi connectivity index (χ2v) is 4.28. The van der Waals surface area contributed by atoms with E-state index in [-0.39, 0.29) is 36.3 Å². The molecule has 0 rings (SSSR count). The van der Waals surface area contributed by atoms with Crippen LogP contribution in [0.25, 0.3) is 0 Å². The van der Waals surface area contributed by atoms with E-state index >= 15 is 0 Å². The number of carbonyl (C=O) groups is 2. The minimum absolute atomic E-state index is 0. The largest absolute Gasteiger partial charge is 0.354 e. The third-order valence-corrected chi connectivity index (χ3v) is 2.02. The van der Waals surface area contributed by atoms with Crippen LogP contribution in [0.4, 0.5) is 0 Å². The minimum Gasteiger partial charge on any atom is -0.354 e. The van der Waals surface area contributed by atoms with Gasteiger partial charge in [0.15, 0.2) is 0 Å². The van der Waals surface area contributed by atoms with E-state index in [0.29, 0.717) is 25.8 Å². The lowest BCUT2D eigenvalue weighted by Gasteiger charge is -2.11. The zero-order valence-electron chi connectivity index (χ0n) is 10.8. The lowest BCUT2D eigenvalue weighted by atomic mass is 10.2. The number of hydrogen-bond donors (Lipinski definition) is 3. The summed E-state index contributed by atoms with van der Waals surface area (Å²) in [4.78, 5) is 22.6. The maximum atomic E-state index is 11.3. The molecule has 0 aromatic rings. The van der Waals surface area contributed by atoms with E-state index in [0.717, 1.165) is 0 Å². The van der Waals surface area contributed by atoms with Crippen LogP contribution in [0, 0.1) is 0 Å². The van der Waals surface area contributed by atoms with Gasteiger partial charge in [0, 0.05) is 31.5 Å². The Kier molecular flexibility index (Phi) is 11.3. The monoisotopic (exact) mass is 265 g/mol. The Morgan fingerprint density at radius 1 is 1.06 bits per heavy atom. The van der Waals surface area contributed by atoms with Crippen LogP contribution in [0.1, 0.15) is 40.0 Å². The van der Waals surface area contributed by atoms with E-state index in [1.807, 2.05) is 20.8 Å². The van der Waals surface area contributed by atoms with Gasteiger partial charge in [-0.05, 0) is 27.2 Å². The number of hydrogen-bond acceptors (Lipinski definition) is 3. The van der Waals surface area contributed by atoms with E-state index in [9.17, 15) is 9.59 Å². The number of amides is 2. The fraction of sp³-hybridized carbons (Fsp3) is 0.818. The molecule has 102 valence electrons. The highest BCUT2D eigenvalue weighted by atomic mass is 35.5. The molecule has 0 spiro atoms. The van der Waals surface area contributed by atoms with Gasteiger partial charge in [-0.25, -0.2) is 0 Å². The van der Waals surface area contributed by atoms with Crippen LogP contribution >= 0.6 is 12.4 Å². The summed E-state index contributed by atoms with van der Waals surface area (Å²) >= 11 is 0. The molecule has 0 radical (unpaired) electrons. The van der Waals surface area contributed by atoms with Crippen LogP contribution < -0.4 is 16.4 Å². The van der Waals surface area contributed by atoms with E-state index in [1.165, 1.54) is 0 Å². The van der Waals surface area contributed by atoms with Crippen molar-refractivity contribution in [3.05, 3.63) is 0 Å². The molecule has 2 amide bonds. The molecule has 17 heavy (non-hydrogen) atoms. The van der Waals surface area contributed by atoms with Crippen LogP contribution in [-0.2, 0) is 9.59 Å². The van der Waals surface area contributed by atoms with Crippen molar-refractivity contribution in [3.63, 3.8) is 0 Å². The molecule has 0 bridgehead atoms. The number of rotatable bonds is 7. The quantitative estimate of drug-likeness (QED) is 0.629. The first-order chi connectivity index (χ1) is 7.45. The second kappa shape index (κ2) is 10.4. The van der Waals surface area contributed by atoms with Gasteiger partial charge in [-0.15, -0.1) is 12.4 Å². The smallest absolute Gasteiger partial charge is 0.220 e. The van der Waals surface area contributed by atoms with Crippen LogP contribution in [0.5, 0.6) is 0 Å². The van der Waals surface area contributed by atoms with Crippen LogP contribution in [0.2, 0.25) is 0 Å². The summed E-state index contributed by atoms with van der Waals surface area (Å²) in [7, 11) is 0. The van der Waals surface area contributed by atoms with E-state index in [2.05, 4.69) is 10.6 Å². The Morgan fingerprint density at radius 2 is 1.53 bits per heavy atom. The Bertz CT molecular complexity index is 235. The van der Waals surface area contributed by atoms with Gasteiger partial charge in [-0.1, -0.05) is 0 Å². The van der Waals surface area contributed by atoms with E-state index < -0.39 is 0 Å². The van der Waals surface area contributed by atoms with E-state index in [1.54, 1.807) is 0 Å². The molecule has 0 fully saturated rings. The Morgan fingerprint density at radius 3 is 1.94 bits per heavy atom. The summed E-state index contributed by atoms with van der Waals surface area (Å²) in [6.07, 6.45) is 1.33. The number of carbonyl (C=O) groups excluding carboxylic acids is 2. The predicted octanol–water partition coefficient (Wildman–Crippen LogP) is 0.567. The Balaban J connectivity index is 0. The first-order valence-electron chi connectivity index (χ1n) is 5.74. The molecular weight excluding hydrogens is 242 g/mol. The van der Waals surface area contributed by atoms with Gasteiger partial charge in [-0.3, -0.25) is 9.59 Å². The first kappa shape index (κ1) is 18.6. The van der Waals surface area contributed by atoms with Crippen LogP contribution in [0.15, 0.2) is 0 Å². The standard InChI is InChI=1S/C11H23N3O2.ClH/c1-8(2)13-10(15)5-4-6-11(16)14-9(3)7-12;/h8-9H,4-7,12H2,1-3H3,(H,13,15)(H,14,16);1H/t9-;/m0./s1. The Labute approximate surface area is 109 Å². The van der Waals surface area contributed by atoms with Crippen LogP contribution in [0.3, 0.4) is 0 Å². The van der Waals surface area contributed by atoms with Gasteiger partial charge in [0.05, 0.1) is 0 Å². The van der Waals surface area contributed by atoms with E-state index in [4.69, 9.17) is 5.73 Å². The molecule has 4 N–H and O–H groups in total. The van der Waals surface area contributed by atoms with Gasteiger partial charge in [0.25, 0.3) is 0 Å². The third kappa shape index (κ3) is 11.5. The molecule has 0 aliphatic heterocycles. The first-order valence-corrected chi connectivity index (χ1v) is 5.74. The molecule has 0 heterocycles. The summed E-state index contributed by atoms with van der Waals surface area (Å²) < 4.78 is 0. The number of nitrogens with two attached hydrogens (primary N) is 1. The fourth-order valence-electron chi connectivity index (χ4n) is 1.21. The topological polar surface area (TPSA) is 84.2 Å². The molecular formula is C11H24ClN3O2. The predicted molar refractivity (Wildman–Crippen MR) is 71.0 cm³/mol. The molecule has 1 atom stereocenters. The molecule has 0 aliphatic carbocycles. The molecule has 0 aliphatic rings. The third-order valence-electron chi connectivity index (χ3n) is 2.02. The highest BCUT2D eigenvalue weighted by molar-refractivity contribution is 5.85. The van der Waals surface area contributed by atoms with Gasteiger partial charge >= 0.3 is 0 Å². The van der Waals surface area contributed by atoms with Gasteiger partial charge in [0.1, 0.15) is 0 Å². The average Bonchev–Trinajstić information content (AvgIpc) is 2.16.